The van der Waals surface area contributed by atoms with Crippen LogP contribution in [0.1, 0.15) is 5.56 Å². The Hall–Kier alpha value is -1.19. The first-order valence-corrected chi connectivity index (χ1v) is 8.42. The van der Waals surface area contributed by atoms with Crippen LogP contribution >= 0.6 is 12.2 Å². The van der Waals surface area contributed by atoms with E-state index in [1.807, 2.05) is 0 Å². The molecule has 2 aliphatic heterocycles. The van der Waals surface area contributed by atoms with Crippen molar-refractivity contribution in [1.82, 2.24) is 5.32 Å². The highest BCUT2D eigenvalue weighted by Crippen LogP contribution is 2.35. The van der Waals surface area contributed by atoms with Gasteiger partial charge in [-0.3, -0.25) is 0 Å². The molecule has 0 saturated carbocycles. The van der Waals surface area contributed by atoms with Gasteiger partial charge in [-0.15, -0.1) is 0 Å². The third-order valence-corrected chi connectivity index (χ3v) is 5.70. The highest BCUT2D eigenvalue weighted by Gasteiger charge is 2.54. The summed E-state index contributed by atoms with van der Waals surface area (Å²) in [5, 5.41) is 3.21. The third-order valence-electron chi connectivity index (χ3n) is 3.65. The van der Waals surface area contributed by atoms with Crippen LogP contribution in [-0.2, 0) is 20.6 Å². The van der Waals surface area contributed by atoms with Gasteiger partial charge in [-0.2, -0.15) is 17.7 Å². The summed E-state index contributed by atoms with van der Waals surface area (Å²) in [7, 11) is -2.94. The second kappa shape index (κ2) is 4.65. The SMILES string of the molecule is O=[S+]1(O)C[C@H]2NC(=S)N(c3cccc(C(F)(F)F)c3)[C@H]2C1. The van der Waals surface area contributed by atoms with Crippen molar-refractivity contribution in [3.8, 4) is 0 Å². The summed E-state index contributed by atoms with van der Waals surface area (Å²) in [6, 6.07) is 4.12. The monoisotopic (exact) mass is 337 g/mol. The minimum Gasteiger partial charge on any atom is -0.352 e. The number of rotatable bonds is 1. The first-order valence-electron chi connectivity index (χ1n) is 6.16. The minimum atomic E-state index is -4.44. The zero-order chi connectivity index (χ0) is 15.4. The van der Waals surface area contributed by atoms with Gasteiger partial charge in [-0.1, -0.05) is 10.3 Å². The maximum absolute atomic E-state index is 12.8. The molecular weight excluding hydrogens is 325 g/mol. The third kappa shape index (κ3) is 2.65. The molecule has 2 saturated heterocycles. The molecule has 0 spiro atoms. The highest BCUT2D eigenvalue weighted by atomic mass is 32.3. The summed E-state index contributed by atoms with van der Waals surface area (Å²) >= 11 is 5.15. The summed E-state index contributed by atoms with van der Waals surface area (Å²) in [4.78, 5) is 1.51. The van der Waals surface area contributed by atoms with E-state index in [-0.39, 0.29) is 23.2 Å². The maximum Gasteiger partial charge on any atom is 0.416 e. The van der Waals surface area contributed by atoms with Gasteiger partial charge in [-0.25, -0.2) is 0 Å². The first-order chi connectivity index (χ1) is 9.67. The van der Waals surface area contributed by atoms with Crippen LogP contribution in [0.5, 0.6) is 0 Å². The largest absolute Gasteiger partial charge is 0.416 e. The van der Waals surface area contributed by atoms with E-state index in [0.717, 1.165) is 12.1 Å². The number of anilines is 1. The number of hydrogen-bond acceptors (Lipinski definition) is 2. The Labute approximate surface area is 125 Å². The van der Waals surface area contributed by atoms with Crippen LogP contribution < -0.4 is 10.2 Å². The van der Waals surface area contributed by atoms with Crippen LogP contribution in [0.25, 0.3) is 0 Å². The Morgan fingerprint density at radius 1 is 1.38 bits per heavy atom. The van der Waals surface area contributed by atoms with Crippen LogP contribution in [0.4, 0.5) is 18.9 Å². The van der Waals surface area contributed by atoms with Gasteiger partial charge < -0.3 is 10.2 Å². The lowest BCUT2D eigenvalue weighted by atomic mass is 10.1. The number of nitrogens with zero attached hydrogens (tertiary/aromatic N) is 1. The fourth-order valence-electron chi connectivity index (χ4n) is 2.75. The molecule has 9 heteroatoms. The molecule has 0 bridgehead atoms. The predicted octanol–water partition coefficient (Wildman–Crippen LogP) is 2.12. The van der Waals surface area contributed by atoms with E-state index in [2.05, 4.69) is 5.32 Å². The average Bonchev–Trinajstić information content (AvgIpc) is 2.78. The molecule has 4 nitrogen and oxygen atoms in total. The van der Waals surface area contributed by atoms with Crippen molar-refractivity contribution in [3.05, 3.63) is 29.8 Å². The number of thiocarbonyl (C=S) groups is 1. The van der Waals surface area contributed by atoms with E-state index in [1.54, 1.807) is 0 Å². The number of alkyl halides is 3. The lowest BCUT2D eigenvalue weighted by Gasteiger charge is -2.23. The Morgan fingerprint density at radius 3 is 2.76 bits per heavy atom. The quantitative estimate of drug-likeness (QED) is 0.607. The highest BCUT2D eigenvalue weighted by molar-refractivity contribution is 7.98. The molecule has 2 heterocycles. The van der Waals surface area contributed by atoms with Gasteiger partial charge in [-0.05, 0) is 30.4 Å². The maximum atomic E-state index is 12.8. The Bertz CT molecular complexity index is 650. The van der Waals surface area contributed by atoms with Gasteiger partial charge in [0, 0.05) is 5.69 Å². The van der Waals surface area contributed by atoms with Crippen LogP contribution in [0, 0.1) is 0 Å². The summed E-state index contributed by atoms with van der Waals surface area (Å²) in [6.07, 6.45) is -4.44. The van der Waals surface area contributed by atoms with Gasteiger partial charge in [0.2, 0.25) is 10.2 Å². The Kier molecular flexibility index (Phi) is 3.26. The first kappa shape index (κ1) is 14.7. The smallest absolute Gasteiger partial charge is 0.352 e. The van der Waals surface area contributed by atoms with E-state index in [4.69, 9.17) is 12.2 Å². The van der Waals surface area contributed by atoms with E-state index in [1.165, 1.54) is 17.0 Å². The second-order valence-electron chi connectivity index (χ2n) is 5.15. The fraction of sp³-hybridized carbons (Fsp3) is 0.417. The summed E-state index contributed by atoms with van der Waals surface area (Å²) in [5.74, 6) is 0.0638. The van der Waals surface area contributed by atoms with Crippen LogP contribution in [0.2, 0.25) is 0 Å². The van der Waals surface area contributed by atoms with Crippen molar-refractivity contribution in [2.24, 2.45) is 0 Å². The standard InChI is InChI=1S/C12H11F3N2O2S2/c13-12(14,15)7-2-1-3-8(4-7)17-10-6-21(18,19)5-9(10)16-11(17)20/h1-4,9-10H,5-6H2,(H-,16,18,19,20)/p+1/t9-,10+/m1/s1. The minimum absolute atomic E-state index is 0.00104. The van der Waals surface area contributed by atoms with Crippen molar-refractivity contribution in [3.63, 3.8) is 0 Å². The predicted molar refractivity (Wildman–Crippen MR) is 77.6 cm³/mol. The average molecular weight is 337 g/mol. The van der Waals surface area contributed by atoms with E-state index >= 15 is 0 Å². The van der Waals surface area contributed by atoms with Crippen LogP contribution in [-0.4, -0.2) is 33.3 Å². The molecule has 3 rings (SSSR count). The molecule has 2 aliphatic rings. The molecule has 1 aromatic carbocycles. The number of fused-ring (bicyclic) bond motifs is 1. The van der Waals surface area contributed by atoms with Gasteiger partial charge >= 0.3 is 6.18 Å². The van der Waals surface area contributed by atoms with E-state index in [0.29, 0.717) is 5.11 Å². The lowest BCUT2D eigenvalue weighted by Crippen LogP contribution is -2.37. The van der Waals surface area contributed by atoms with Gasteiger partial charge in [0.15, 0.2) is 16.6 Å². The molecule has 1 aromatic rings. The molecule has 2 fully saturated rings. The molecule has 0 aliphatic carbocycles. The van der Waals surface area contributed by atoms with Crippen LogP contribution in [0.15, 0.2) is 24.3 Å². The zero-order valence-corrected chi connectivity index (χ0v) is 12.3. The molecule has 3 atom stereocenters. The van der Waals surface area contributed by atoms with Crippen molar-refractivity contribution in [2.75, 3.05) is 16.4 Å². The molecular formula is C12H12F3N2O2S2+. The van der Waals surface area contributed by atoms with E-state index < -0.39 is 28.0 Å². The fourth-order valence-corrected chi connectivity index (χ4v) is 5.06. The Balaban J connectivity index is 1.96. The number of hydrogen-bond donors (Lipinski definition) is 2. The summed E-state index contributed by atoms with van der Waals surface area (Å²) in [5.41, 5.74) is -0.485. The van der Waals surface area contributed by atoms with Gasteiger partial charge in [0.1, 0.15) is 12.1 Å². The second-order valence-corrected chi connectivity index (χ2v) is 7.75. The van der Waals surface area contributed by atoms with Crippen molar-refractivity contribution in [1.29, 1.82) is 0 Å². The molecule has 0 amide bonds. The normalized spacial score (nSPS) is 32.2. The zero-order valence-electron chi connectivity index (χ0n) is 10.6. The van der Waals surface area contributed by atoms with Crippen LogP contribution in [0.3, 0.4) is 0 Å². The number of nitrogens with one attached hydrogen (secondary N) is 1. The summed E-state index contributed by atoms with van der Waals surface area (Å²) < 4.78 is 59.8. The topological polar surface area (TPSA) is 52.6 Å². The van der Waals surface area contributed by atoms with E-state index in [9.17, 15) is 21.9 Å². The number of halogens is 3. The molecule has 114 valence electrons. The lowest BCUT2D eigenvalue weighted by molar-refractivity contribution is -0.137. The van der Waals surface area contributed by atoms with Gasteiger partial charge in [0.25, 0.3) is 0 Å². The number of benzene rings is 1. The van der Waals surface area contributed by atoms with Crippen molar-refractivity contribution >= 4 is 33.2 Å². The Morgan fingerprint density at radius 2 is 2.10 bits per heavy atom. The molecule has 0 aromatic heterocycles. The molecule has 0 radical (unpaired) electrons. The molecule has 1 unspecified atom stereocenters. The summed E-state index contributed by atoms with van der Waals surface area (Å²) in [6.45, 7) is 0. The van der Waals surface area contributed by atoms with Crippen molar-refractivity contribution < 1.29 is 21.9 Å². The van der Waals surface area contributed by atoms with Crippen molar-refractivity contribution in [2.45, 2.75) is 18.3 Å². The van der Waals surface area contributed by atoms with Gasteiger partial charge in [0.05, 0.1) is 5.56 Å². The molecule has 2 N–H and O–H groups in total. The molecule has 21 heavy (non-hydrogen) atoms.